The Balaban J connectivity index is 0.00000180. The standard InChI is InChI=1S/C15H22N2O.ClH/c1-11(2)14(12-6-4-3-5-7-12)15(18)17-13-8-9-16-10-13;/h3-7,11,13-14,16H,8-10H2,1-2H3,(H,17,18);1H. The molecule has 1 aliphatic rings. The number of carbonyl (C=O) groups is 1. The van der Waals surface area contributed by atoms with Crippen LogP contribution in [0.5, 0.6) is 0 Å². The summed E-state index contributed by atoms with van der Waals surface area (Å²) in [6.45, 7) is 6.10. The van der Waals surface area contributed by atoms with Crippen LogP contribution in [0.1, 0.15) is 31.7 Å². The van der Waals surface area contributed by atoms with Crippen LogP contribution in [0.3, 0.4) is 0 Å². The monoisotopic (exact) mass is 282 g/mol. The minimum absolute atomic E-state index is 0. The van der Waals surface area contributed by atoms with Crippen LogP contribution >= 0.6 is 12.4 Å². The van der Waals surface area contributed by atoms with Crippen molar-refractivity contribution in [2.75, 3.05) is 13.1 Å². The maximum atomic E-state index is 12.4. The van der Waals surface area contributed by atoms with Crippen molar-refractivity contribution in [2.45, 2.75) is 32.2 Å². The summed E-state index contributed by atoms with van der Waals surface area (Å²) in [5, 5.41) is 6.43. The molecular formula is C15H23ClN2O. The molecule has 1 aromatic rings. The number of rotatable bonds is 4. The van der Waals surface area contributed by atoms with Gasteiger partial charge in [0.25, 0.3) is 0 Å². The van der Waals surface area contributed by atoms with Crippen molar-refractivity contribution < 1.29 is 4.79 Å². The lowest BCUT2D eigenvalue weighted by Gasteiger charge is -2.22. The molecule has 1 saturated heterocycles. The molecule has 0 saturated carbocycles. The Kier molecular flexibility index (Phi) is 6.32. The molecule has 0 aromatic heterocycles. The first-order valence-corrected chi connectivity index (χ1v) is 6.74. The van der Waals surface area contributed by atoms with Crippen LogP contribution in [0.4, 0.5) is 0 Å². The third kappa shape index (κ3) is 4.22. The average molecular weight is 283 g/mol. The summed E-state index contributed by atoms with van der Waals surface area (Å²) >= 11 is 0. The molecule has 0 bridgehead atoms. The largest absolute Gasteiger partial charge is 0.352 e. The van der Waals surface area contributed by atoms with Crippen molar-refractivity contribution in [1.29, 1.82) is 0 Å². The Morgan fingerprint density at radius 3 is 2.53 bits per heavy atom. The van der Waals surface area contributed by atoms with E-state index < -0.39 is 0 Å². The van der Waals surface area contributed by atoms with Gasteiger partial charge in [-0.1, -0.05) is 44.2 Å². The number of hydrogen-bond donors (Lipinski definition) is 2. The van der Waals surface area contributed by atoms with Gasteiger partial charge in [0.05, 0.1) is 5.92 Å². The fourth-order valence-electron chi connectivity index (χ4n) is 2.57. The zero-order valence-electron chi connectivity index (χ0n) is 11.6. The van der Waals surface area contributed by atoms with Gasteiger partial charge in [-0.2, -0.15) is 0 Å². The summed E-state index contributed by atoms with van der Waals surface area (Å²) in [5.41, 5.74) is 1.11. The van der Waals surface area contributed by atoms with E-state index in [9.17, 15) is 4.79 Å². The summed E-state index contributed by atoms with van der Waals surface area (Å²) in [5.74, 6) is 0.415. The Morgan fingerprint density at radius 2 is 2.00 bits per heavy atom. The second-order valence-electron chi connectivity index (χ2n) is 5.33. The Morgan fingerprint density at radius 1 is 1.32 bits per heavy atom. The van der Waals surface area contributed by atoms with Crippen LogP contribution in [0, 0.1) is 5.92 Å². The number of benzene rings is 1. The smallest absolute Gasteiger partial charge is 0.228 e. The van der Waals surface area contributed by atoms with Crippen molar-refractivity contribution >= 4 is 18.3 Å². The van der Waals surface area contributed by atoms with Gasteiger partial charge in [-0.05, 0) is 24.4 Å². The summed E-state index contributed by atoms with van der Waals surface area (Å²) < 4.78 is 0. The van der Waals surface area contributed by atoms with E-state index >= 15 is 0 Å². The first-order valence-electron chi connectivity index (χ1n) is 6.74. The van der Waals surface area contributed by atoms with Gasteiger partial charge in [0.1, 0.15) is 0 Å². The highest BCUT2D eigenvalue weighted by atomic mass is 35.5. The Hall–Kier alpha value is -1.06. The number of halogens is 1. The van der Waals surface area contributed by atoms with Gasteiger partial charge < -0.3 is 10.6 Å². The van der Waals surface area contributed by atoms with Crippen molar-refractivity contribution in [3.05, 3.63) is 35.9 Å². The molecule has 2 N–H and O–H groups in total. The first-order chi connectivity index (χ1) is 8.68. The molecule has 19 heavy (non-hydrogen) atoms. The maximum Gasteiger partial charge on any atom is 0.228 e. The van der Waals surface area contributed by atoms with E-state index in [0.29, 0.717) is 12.0 Å². The molecule has 1 aliphatic heterocycles. The van der Waals surface area contributed by atoms with Crippen LogP contribution < -0.4 is 10.6 Å². The van der Waals surface area contributed by atoms with Crippen molar-refractivity contribution in [3.63, 3.8) is 0 Å². The van der Waals surface area contributed by atoms with Gasteiger partial charge in [-0.15, -0.1) is 12.4 Å². The van der Waals surface area contributed by atoms with Crippen molar-refractivity contribution in [3.8, 4) is 0 Å². The Labute approximate surface area is 121 Å². The van der Waals surface area contributed by atoms with Crippen LogP contribution in [0.2, 0.25) is 0 Å². The lowest BCUT2D eigenvalue weighted by molar-refractivity contribution is -0.124. The number of amides is 1. The lowest BCUT2D eigenvalue weighted by Crippen LogP contribution is -2.40. The van der Waals surface area contributed by atoms with Gasteiger partial charge in [0, 0.05) is 12.6 Å². The minimum atomic E-state index is -0.0493. The molecule has 106 valence electrons. The van der Waals surface area contributed by atoms with Gasteiger partial charge in [-0.25, -0.2) is 0 Å². The van der Waals surface area contributed by atoms with Gasteiger partial charge >= 0.3 is 0 Å². The average Bonchev–Trinajstić information content (AvgIpc) is 2.83. The van der Waals surface area contributed by atoms with E-state index in [2.05, 4.69) is 24.5 Å². The lowest BCUT2D eigenvalue weighted by atomic mass is 9.87. The summed E-state index contributed by atoms with van der Waals surface area (Å²) in [6, 6.07) is 10.3. The second kappa shape index (κ2) is 7.51. The van der Waals surface area contributed by atoms with Crippen molar-refractivity contribution in [2.24, 2.45) is 5.92 Å². The fraction of sp³-hybridized carbons (Fsp3) is 0.533. The third-order valence-electron chi connectivity index (χ3n) is 3.51. The van der Waals surface area contributed by atoms with E-state index in [1.54, 1.807) is 0 Å². The van der Waals surface area contributed by atoms with Crippen LogP contribution in [0.25, 0.3) is 0 Å². The van der Waals surface area contributed by atoms with Gasteiger partial charge in [-0.3, -0.25) is 4.79 Å². The molecule has 1 amide bonds. The third-order valence-corrected chi connectivity index (χ3v) is 3.51. The molecule has 1 fully saturated rings. The summed E-state index contributed by atoms with van der Waals surface area (Å²) in [4.78, 5) is 12.4. The number of nitrogens with one attached hydrogen (secondary N) is 2. The number of carbonyl (C=O) groups excluding carboxylic acids is 1. The van der Waals surface area contributed by atoms with E-state index in [1.165, 1.54) is 0 Å². The first kappa shape index (κ1) is 16.0. The molecule has 4 heteroatoms. The topological polar surface area (TPSA) is 41.1 Å². The van der Waals surface area contributed by atoms with E-state index in [0.717, 1.165) is 25.1 Å². The normalized spacial score (nSPS) is 19.8. The van der Waals surface area contributed by atoms with E-state index in [4.69, 9.17) is 0 Å². The molecule has 1 aromatic carbocycles. The van der Waals surface area contributed by atoms with Crippen LogP contribution in [-0.4, -0.2) is 25.0 Å². The van der Waals surface area contributed by atoms with E-state index in [1.807, 2.05) is 30.3 Å². The molecule has 0 aliphatic carbocycles. The highest BCUT2D eigenvalue weighted by molar-refractivity contribution is 5.85. The quantitative estimate of drug-likeness (QED) is 0.890. The molecule has 3 nitrogen and oxygen atoms in total. The molecule has 1 heterocycles. The second-order valence-corrected chi connectivity index (χ2v) is 5.33. The summed E-state index contributed by atoms with van der Waals surface area (Å²) in [6.07, 6.45) is 1.03. The minimum Gasteiger partial charge on any atom is -0.352 e. The van der Waals surface area contributed by atoms with Crippen LogP contribution in [0.15, 0.2) is 30.3 Å². The zero-order chi connectivity index (χ0) is 13.0. The zero-order valence-corrected chi connectivity index (χ0v) is 12.4. The predicted octanol–water partition coefficient (Wildman–Crippen LogP) is 2.33. The SMILES string of the molecule is CC(C)C(C(=O)NC1CCNC1)c1ccccc1.Cl. The Bertz CT molecular complexity index is 388. The molecule has 0 spiro atoms. The van der Waals surface area contributed by atoms with Crippen LogP contribution in [-0.2, 0) is 4.79 Å². The highest BCUT2D eigenvalue weighted by Gasteiger charge is 2.26. The predicted molar refractivity (Wildman–Crippen MR) is 80.7 cm³/mol. The molecule has 2 rings (SSSR count). The maximum absolute atomic E-state index is 12.4. The molecule has 2 atom stereocenters. The molecular weight excluding hydrogens is 260 g/mol. The van der Waals surface area contributed by atoms with Gasteiger partial charge in [0.2, 0.25) is 5.91 Å². The van der Waals surface area contributed by atoms with Crippen molar-refractivity contribution in [1.82, 2.24) is 10.6 Å². The van der Waals surface area contributed by atoms with E-state index in [-0.39, 0.29) is 24.2 Å². The highest BCUT2D eigenvalue weighted by Crippen LogP contribution is 2.24. The number of hydrogen-bond acceptors (Lipinski definition) is 2. The molecule has 0 radical (unpaired) electrons. The molecule has 2 unspecified atom stereocenters. The summed E-state index contributed by atoms with van der Waals surface area (Å²) in [7, 11) is 0. The van der Waals surface area contributed by atoms with Gasteiger partial charge in [0.15, 0.2) is 0 Å². The fourth-order valence-corrected chi connectivity index (χ4v) is 2.57.